The van der Waals surface area contributed by atoms with Crippen LogP contribution >= 0.6 is 0 Å². The predicted molar refractivity (Wildman–Crippen MR) is 117 cm³/mol. The third kappa shape index (κ3) is 3.51. The van der Waals surface area contributed by atoms with Crippen molar-refractivity contribution in [1.82, 2.24) is 9.97 Å². The number of aromatic nitrogens is 2. The first-order valence-electron chi connectivity index (χ1n) is 9.55. The molecule has 0 saturated carbocycles. The third-order valence-corrected chi connectivity index (χ3v) is 4.81. The third-order valence-electron chi connectivity index (χ3n) is 4.81. The summed E-state index contributed by atoms with van der Waals surface area (Å²) in [7, 11) is 1.66. The molecule has 2 heterocycles. The van der Waals surface area contributed by atoms with Gasteiger partial charge in [-0.3, -0.25) is 0 Å². The van der Waals surface area contributed by atoms with Gasteiger partial charge >= 0.3 is 0 Å². The van der Waals surface area contributed by atoms with Crippen molar-refractivity contribution in [3.63, 3.8) is 0 Å². The molecule has 0 radical (unpaired) electrons. The minimum Gasteiger partial charge on any atom is -0.496 e. The Bertz CT molecular complexity index is 1250. The van der Waals surface area contributed by atoms with E-state index in [1.54, 1.807) is 7.11 Å². The maximum atomic E-state index is 5.48. The quantitative estimate of drug-likeness (QED) is 0.494. The molecule has 0 atom stereocenters. The summed E-state index contributed by atoms with van der Waals surface area (Å²) >= 11 is 0. The molecule has 1 aliphatic rings. The van der Waals surface area contributed by atoms with Crippen LogP contribution in [-0.4, -0.2) is 23.9 Å². The highest BCUT2D eigenvalue weighted by Gasteiger charge is 2.14. The number of hydrogen-bond acceptors (Lipinski definition) is 6. The molecule has 4 aromatic rings. The summed E-state index contributed by atoms with van der Waals surface area (Å²) in [4.78, 5) is 9.42. The monoisotopic (exact) mass is 397 g/mol. The molecule has 148 valence electrons. The van der Waals surface area contributed by atoms with Crippen LogP contribution in [0.15, 0.2) is 66.7 Å². The zero-order valence-electron chi connectivity index (χ0n) is 16.3. The van der Waals surface area contributed by atoms with Gasteiger partial charge in [0.2, 0.25) is 6.79 Å². The van der Waals surface area contributed by atoms with Crippen LogP contribution in [0.5, 0.6) is 17.2 Å². The highest BCUT2D eigenvalue weighted by molar-refractivity contribution is 5.91. The average molecular weight is 397 g/mol. The molecule has 1 N–H and O–H groups in total. The van der Waals surface area contributed by atoms with E-state index in [9.17, 15) is 0 Å². The Balaban J connectivity index is 1.52. The van der Waals surface area contributed by atoms with Crippen molar-refractivity contribution >= 4 is 34.6 Å². The van der Waals surface area contributed by atoms with Crippen LogP contribution in [0.4, 0.5) is 11.5 Å². The molecule has 5 rings (SSSR count). The van der Waals surface area contributed by atoms with Gasteiger partial charge in [0.05, 0.1) is 12.6 Å². The molecule has 6 heteroatoms. The fourth-order valence-corrected chi connectivity index (χ4v) is 3.34. The highest BCUT2D eigenvalue weighted by Crippen LogP contribution is 2.35. The Morgan fingerprint density at radius 1 is 0.900 bits per heavy atom. The second kappa shape index (κ2) is 7.75. The van der Waals surface area contributed by atoms with E-state index in [0.29, 0.717) is 5.82 Å². The summed E-state index contributed by atoms with van der Waals surface area (Å²) in [6, 6.07) is 21.5. The lowest BCUT2D eigenvalue weighted by molar-refractivity contribution is 0.174. The first-order valence-corrected chi connectivity index (χ1v) is 9.55. The van der Waals surface area contributed by atoms with Crippen LogP contribution < -0.4 is 19.5 Å². The van der Waals surface area contributed by atoms with Crippen molar-refractivity contribution in [2.45, 2.75) is 0 Å². The van der Waals surface area contributed by atoms with E-state index in [2.05, 4.69) is 10.3 Å². The number of para-hydroxylation sites is 2. The van der Waals surface area contributed by atoms with E-state index in [-0.39, 0.29) is 6.79 Å². The van der Waals surface area contributed by atoms with Crippen LogP contribution in [0.3, 0.4) is 0 Å². The van der Waals surface area contributed by atoms with Crippen LogP contribution in [0, 0.1) is 0 Å². The Morgan fingerprint density at radius 3 is 2.67 bits per heavy atom. The van der Waals surface area contributed by atoms with Crippen LogP contribution in [-0.2, 0) is 0 Å². The summed E-state index contributed by atoms with van der Waals surface area (Å²) < 4.78 is 16.3. The maximum Gasteiger partial charge on any atom is 0.231 e. The minimum atomic E-state index is 0.243. The lowest BCUT2D eigenvalue weighted by Crippen LogP contribution is -1.99. The average Bonchev–Trinajstić information content (AvgIpc) is 3.26. The Morgan fingerprint density at radius 2 is 1.73 bits per heavy atom. The Kier molecular flexibility index (Phi) is 4.65. The molecule has 0 aliphatic carbocycles. The van der Waals surface area contributed by atoms with Gasteiger partial charge in [-0.25, -0.2) is 9.97 Å². The van der Waals surface area contributed by atoms with Gasteiger partial charge in [-0.15, -0.1) is 0 Å². The number of fused-ring (bicyclic) bond motifs is 2. The van der Waals surface area contributed by atoms with E-state index in [1.165, 1.54) is 0 Å². The van der Waals surface area contributed by atoms with E-state index in [0.717, 1.165) is 45.2 Å². The van der Waals surface area contributed by atoms with Gasteiger partial charge in [0.15, 0.2) is 17.3 Å². The number of ether oxygens (including phenoxy) is 3. The standard InChI is InChI=1S/C24H19N3O3/c1-28-20-9-5-2-6-16(20)10-13-23-26-19-8-4-3-7-18(19)24(27-23)25-17-11-12-21-22(14-17)30-15-29-21/h2-14H,15H2,1H3,(H,25,26,27)/b13-10+. The zero-order valence-corrected chi connectivity index (χ0v) is 16.3. The molecule has 0 saturated heterocycles. The predicted octanol–water partition coefficient (Wildman–Crippen LogP) is 5.28. The van der Waals surface area contributed by atoms with E-state index >= 15 is 0 Å². The van der Waals surface area contributed by atoms with Gasteiger partial charge in [-0.2, -0.15) is 0 Å². The van der Waals surface area contributed by atoms with Gasteiger partial charge in [-0.05, 0) is 42.5 Å². The van der Waals surface area contributed by atoms with Gasteiger partial charge in [0.25, 0.3) is 0 Å². The molecule has 0 spiro atoms. The summed E-state index contributed by atoms with van der Waals surface area (Å²) in [5, 5.41) is 4.33. The number of nitrogens with zero attached hydrogens (tertiary/aromatic N) is 2. The van der Waals surface area contributed by atoms with E-state index < -0.39 is 0 Å². The minimum absolute atomic E-state index is 0.243. The van der Waals surface area contributed by atoms with Crippen LogP contribution in [0.25, 0.3) is 23.1 Å². The molecule has 1 aromatic heterocycles. The first-order chi connectivity index (χ1) is 14.8. The van der Waals surface area contributed by atoms with Crippen molar-refractivity contribution in [2.24, 2.45) is 0 Å². The fourth-order valence-electron chi connectivity index (χ4n) is 3.34. The summed E-state index contributed by atoms with van der Waals surface area (Å²) in [5.41, 5.74) is 2.68. The first kappa shape index (κ1) is 18.0. The normalized spacial score (nSPS) is 12.4. The maximum absolute atomic E-state index is 5.48. The number of benzene rings is 3. The summed E-state index contributed by atoms with van der Waals surface area (Å²) in [6.07, 6.45) is 3.84. The number of anilines is 2. The van der Waals surface area contributed by atoms with E-state index in [4.69, 9.17) is 19.2 Å². The largest absolute Gasteiger partial charge is 0.496 e. The molecular formula is C24H19N3O3. The molecule has 3 aromatic carbocycles. The smallest absolute Gasteiger partial charge is 0.231 e. The highest BCUT2D eigenvalue weighted by atomic mass is 16.7. The molecule has 1 aliphatic heterocycles. The topological polar surface area (TPSA) is 65.5 Å². The number of methoxy groups -OCH3 is 1. The fraction of sp³-hybridized carbons (Fsp3) is 0.0833. The number of nitrogens with one attached hydrogen (secondary N) is 1. The molecule has 30 heavy (non-hydrogen) atoms. The Hall–Kier alpha value is -4.06. The number of rotatable bonds is 5. The summed E-state index contributed by atoms with van der Waals surface area (Å²) in [6.45, 7) is 0.243. The van der Waals surface area contributed by atoms with Crippen molar-refractivity contribution in [1.29, 1.82) is 0 Å². The Labute approximate surface area is 173 Å². The molecular weight excluding hydrogens is 378 g/mol. The van der Waals surface area contributed by atoms with Crippen LogP contribution in [0.2, 0.25) is 0 Å². The lowest BCUT2D eigenvalue weighted by Gasteiger charge is -2.10. The molecule has 0 amide bonds. The van der Waals surface area contributed by atoms with Crippen LogP contribution in [0.1, 0.15) is 11.4 Å². The van der Waals surface area contributed by atoms with Crippen molar-refractivity contribution in [3.05, 3.63) is 78.1 Å². The van der Waals surface area contributed by atoms with Crippen molar-refractivity contribution in [3.8, 4) is 17.2 Å². The van der Waals surface area contributed by atoms with Gasteiger partial charge < -0.3 is 19.5 Å². The number of hydrogen-bond donors (Lipinski definition) is 1. The SMILES string of the molecule is COc1ccccc1/C=C/c1nc(Nc2ccc3c(c2)OCO3)c2ccccc2n1. The second-order valence-corrected chi connectivity index (χ2v) is 6.72. The van der Waals surface area contributed by atoms with E-state index in [1.807, 2.05) is 78.9 Å². The second-order valence-electron chi connectivity index (χ2n) is 6.72. The van der Waals surface area contributed by atoms with Crippen molar-refractivity contribution < 1.29 is 14.2 Å². The van der Waals surface area contributed by atoms with Gasteiger partial charge in [0.1, 0.15) is 11.6 Å². The summed E-state index contributed by atoms with van der Waals surface area (Å²) in [5.74, 6) is 3.58. The van der Waals surface area contributed by atoms with Gasteiger partial charge in [0, 0.05) is 22.7 Å². The molecule has 0 unspecified atom stereocenters. The van der Waals surface area contributed by atoms with Gasteiger partial charge in [-0.1, -0.05) is 30.3 Å². The lowest BCUT2D eigenvalue weighted by atomic mass is 10.2. The van der Waals surface area contributed by atoms with Crippen molar-refractivity contribution in [2.75, 3.05) is 19.2 Å². The zero-order chi connectivity index (χ0) is 20.3. The molecule has 6 nitrogen and oxygen atoms in total. The molecule has 0 fully saturated rings. The molecule has 0 bridgehead atoms.